The molecule has 0 unspecified atom stereocenters. The standard InChI is InChI=1S/C24H22ClN3O4S2/c1-13(2)28-21(30)17(12-26)14(3)20(23(28)32)18(29)5-4-10-27-22(31)19(34-24(27)33)11-15-6-8-16(25)9-7-15/h6-9,11,13,32H,4-5,10H2,1-3H3/b19-11-. The van der Waals surface area contributed by atoms with Crippen molar-refractivity contribution in [2.45, 2.75) is 39.7 Å². The number of benzene rings is 1. The third-order valence-corrected chi connectivity index (χ3v) is 7.00. The number of ketones is 1. The fourth-order valence-corrected chi connectivity index (χ4v) is 5.10. The topological polar surface area (TPSA) is 103 Å². The highest BCUT2D eigenvalue weighted by Crippen LogP contribution is 2.33. The zero-order valence-electron chi connectivity index (χ0n) is 18.8. The van der Waals surface area contributed by atoms with Gasteiger partial charge in [0.05, 0.1) is 10.5 Å². The molecule has 1 aromatic carbocycles. The van der Waals surface area contributed by atoms with Gasteiger partial charge in [-0.1, -0.05) is 47.7 Å². The van der Waals surface area contributed by atoms with Crippen molar-refractivity contribution in [3.05, 3.63) is 66.8 Å². The van der Waals surface area contributed by atoms with Crippen LogP contribution in [0.1, 0.15) is 59.8 Å². The largest absolute Gasteiger partial charge is 0.494 e. The van der Waals surface area contributed by atoms with Gasteiger partial charge in [-0.2, -0.15) is 5.26 Å². The number of Topliss-reactive ketones (excluding diaryl/α,β-unsaturated/α-hetero) is 1. The molecule has 7 nitrogen and oxygen atoms in total. The summed E-state index contributed by atoms with van der Waals surface area (Å²) in [6.07, 6.45) is 2.03. The van der Waals surface area contributed by atoms with Gasteiger partial charge in [-0.3, -0.25) is 23.9 Å². The van der Waals surface area contributed by atoms with Gasteiger partial charge in [-0.05, 0) is 56.5 Å². The quantitative estimate of drug-likeness (QED) is 0.320. The SMILES string of the molecule is Cc1c(C(=O)CCCN2C(=O)/C(=C/c3ccc(Cl)cc3)SC2=S)c(O)n(C(C)C)c(=O)c1C#N. The minimum absolute atomic E-state index is 0.00284. The van der Waals surface area contributed by atoms with Crippen LogP contribution in [0.4, 0.5) is 0 Å². The maximum absolute atomic E-state index is 13.0. The zero-order chi connectivity index (χ0) is 25.2. The Balaban J connectivity index is 1.74. The molecule has 1 aliphatic rings. The molecular formula is C24H22ClN3O4S2. The number of thiocarbonyl (C=S) groups is 1. The summed E-state index contributed by atoms with van der Waals surface area (Å²) in [5.41, 5.74) is 0.133. The van der Waals surface area contributed by atoms with Crippen molar-refractivity contribution in [3.63, 3.8) is 0 Å². The number of nitrogens with zero attached hydrogens (tertiary/aromatic N) is 3. The number of nitriles is 1. The van der Waals surface area contributed by atoms with Crippen LogP contribution in [0, 0.1) is 18.3 Å². The number of aromatic hydroxyl groups is 1. The first-order chi connectivity index (χ1) is 16.1. The van der Waals surface area contributed by atoms with Gasteiger partial charge >= 0.3 is 0 Å². The van der Waals surface area contributed by atoms with E-state index in [2.05, 4.69) is 0 Å². The van der Waals surface area contributed by atoms with Crippen molar-refractivity contribution in [1.82, 2.24) is 9.47 Å². The number of hydrogen-bond acceptors (Lipinski definition) is 7. The minimum Gasteiger partial charge on any atom is -0.494 e. The molecule has 1 aliphatic heterocycles. The fourth-order valence-electron chi connectivity index (χ4n) is 3.66. The van der Waals surface area contributed by atoms with Gasteiger partial charge in [0.25, 0.3) is 11.5 Å². The number of rotatable bonds is 7. The van der Waals surface area contributed by atoms with E-state index in [1.54, 1.807) is 44.2 Å². The molecule has 0 atom stereocenters. The molecule has 1 aromatic heterocycles. The Morgan fingerprint density at radius 2 is 1.94 bits per heavy atom. The zero-order valence-corrected chi connectivity index (χ0v) is 21.2. The molecule has 10 heteroatoms. The van der Waals surface area contributed by atoms with Crippen LogP contribution >= 0.6 is 35.6 Å². The molecule has 1 fully saturated rings. The fraction of sp³-hybridized carbons (Fsp3) is 0.292. The van der Waals surface area contributed by atoms with Crippen molar-refractivity contribution in [2.75, 3.05) is 6.54 Å². The Morgan fingerprint density at radius 1 is 1.29 bits per heavy atom. The summed E-state index contributed by atoms with van der Waals surface area (Å²) in [7, 11) is 0. The minimum atomic E-state index is -0.630. The maximum Gasteiger partial charge on any atom is 0.271 e. The molecule has 176 valence electrons. The summed E-state index contributed by atoms with van der Waals surface area (Å²) < 4.78 is 1.44. The van der Waals surface area contributed by atoms with Crippen LogP contribution in [0.25, 0.3) is 6.08 Å². The highest BCUT2D eigenvalue weighted by Gasteiger charge is 2.32. The summed E-state index contributed by atoms with van der Waals surface area (Å²) in [6.45, 7) is 5.06. The van der Waals surface area contributed by atoms with Crippen molar-refractivity contribution in [1.29, 1.82) is 5.26 Å². The molecule has 2 heterocycles. The van der Waals surface area contributed by atoms with Crippen LogP contribution < -0.4 is 5.56 Å². The summed E-state index contributed by atoms with van der Waals surface area (Å²) >= 11 is 12.4. The lowest BCUT2D eigenvalue weighted by molar-refractivity contribution is -0.122. The van der Waals surface area contributed by atoms with Crippen LogP contribution in [-0.4, -0.2) is 37.1 Å². The summed E-state index contributed by atoms with van der Waals surface area (Å²) in [5.74, 6) is -1.10. The predicted octanol–water partition coefficient (Wildman–Crippen LogP) is 4.83. The van der Waals surface area contributed by atoms with E-state index in [9.17, 15) is 24.8 Å². The van der Waals surface area contributed by atoms with Crippen LogP contribution in [0.5, 0.6) is 5.88 Å². The second-order valence-electron chi connectivity index (χ2n) is 7.99. The molecule has 0 aliphatic carbocycles. The smallest absolute Gasteiger partial charge is 0.271 e. The van der Waals surface area contributed by atoms with E-state index in [1.807, 2.05) is 6.07 Å². The van der Waals surface area contributed by atoms with E-state index in [-0.39, 0.29) is 35.6 Å². The second kappa shape index (κ2) is 10.6. The number of amides is 1. The van der Waals surface area contributed by atoms with Gasteiger partial charge in [0, 0.05) is 24.0 Å². The third kappa shape index (κ3) is 5.09. The lowest BCUT2D eigenvalue weighted by atomic mass is 9.98. The van der Waals surface area contributed by atoms with E-state index in [1.165, 1.54) is 23.6 Å². The predicted molar refractivity (Wildman–Crippen MR) is 137 cm³/mol. The van der Waals surface area contributed by atoms with E-state index in [4.69, 9.17) is 23.8 Å². The van der Waals surface area contributed by atoms with E-state index < -0.39 is 23.3 Å². The molecule has 1 amide bonds. The van der Waals surface area contributed by atoms with Gasteiger partial charge in [0.1, 0.15) is 16.0 Å². The van der Waals surface area contributed by atoms with Crippen LogP contribution in [-0.2, 0) is 4.79 Å². The number of carbonyl (C=O) groups excluding carboxylic acids is 2. The molecule has 34 heavy (non-hydrogen) atoms. The van der Waals surface area contributed by atoms with Crippen molar-refractivity contribution < 1.29 is 14.7 Å². The number of thioether (sulfide) groups is 1. The van der Waals surface area contributed by atoms with E-state index in [0.717, 1.165) is 10.1 Å². The number of halogens is 1. The first-order valence-corrected chi connectivity index (χ1v) is 12.1. The first-order valence-electron chi connectivity index (χ1n) is 10.5. The molecular weight excluding hydrogens is 494 g/mol. The van der Waals surface area contributed by atoms with Crippen molar-refractivity contribution in [3.8, 4) is 11.9 Å². The molecule has 3 rings (SSSR count). The van der Waals surface area contributed by atoms with Crippen molar-refractivity contribution in [2.24, 2.45) is 0 Å². The van der Waals surface area contributed by atoms with Gasteiger partial charge < -0.3 is 5.11 Å². The van der Waals surface area contributed by atoms with Crippen molar-refractivity contribution >= 4 is 57.7 Å². The average molecular weight is 516 g/mol. The Hall–Kier alpha value is -2.93. The lowest BCUT2D eigenvalue weighted by Gasteiger charge is -2.18. The maximum atomic E-state index is 13.0. The number of pyridine rings is 1. The van der Waals surface area contributed by atoms with Crippen LogP contribution in [0.3, 0.4) is 0 Å². The molecule has 2 aromatic rings. The Bertz CT molecular complexity index is 1310. The summed E-state index contributed by atoms with van der Waals surface area (Å²) in [6, 6.07) is 8.47. The van der Waals surface area contributed by atoms with Gasteiger partial charge in [0.2, 0.25) is 5.88 Å². The molecule has 1 saturated heterocycles. The molecule has 0 spiro atoms. The van der Waals surface area contributed by atoms with Gasteiger partial charge in [-0.25, -0.2) is 0 Å². The van der Waals surface area contributed by atoms with E-state index >= 15 is 0 Å². The molecule has 0 radical (unpaired) electrons. The van der Waals surface area contributed by atoms with E-state index in [0.29, 0.717) is 20.7 Å². The highest BCUT2D eigenvalue weighted by molar-refractivity contribution is 8.26. The number of aromatic nitrogens is 1. The number of hydrogen-bond donors (Lipinski definition) is 1. The van der Waals surface area contributed by atoms with Crippen LogP contribution in [0.2, 0.25) is 5.02 Å². The lowest BCUT2D eigenvalue weighted by Crippen LogP contribution is -2.30. The Kier molecular flexibility index (Phi) is 7.97. The van der Waals surface area contributed by atoms with Gasteiger partial charge in [0.15, 0.2) is 5.78 Å². The summed E-state index contributed by atoms with van der Waals surface area (Å²) in [5, 5.41) is 20.6. The first kappa shape index (κ1) is 25.7. The molecule has 0 bridgehead atoms. The molecule has 0 saturated carbocycles. The van der Waals surface area contributed by atoms with Gasteiger partial charge in [-0.15, -0.1) is 0 Å². The Labute approximate surface area is 211 Å². The summed E-state index contributed by atoms with van der Waals surface area (Å²) in [4.78, 5) is 40.2. The monoisotopic (exact) mass is 515 g/mol. The Morgan fingerprint density at radius 3 is 2.53 bits per heavy atom. The third-order valence-electron chi connectivity index (χ3n) is 5.37. The normalized spacial score (nSPS) is 14.8. The molecule has 1 N–H and O–H groups in total. The average Bonchev–Trinajstić information content (AvgIpc) is 3.02. The highest BCUT2D eigenvalue weighted by atomic mass is 35.5. The number of carbonyl (C=O) groups is 2. The second-order valence-corrected chi connectivity index (χ2v) is 10.1. The van der Waals surface area contributed by atoms with Crippen LogP contribution in [0.15, 0.2) is 34.0 Å².